The summed E-state index contributed by atoms with van der Waals surface area (Å²) >= 11 is 0. The molecule has 2 heterocycles. The second kappa shape index (κ2) is 28.9. The third kappa shape index (κ3) is 13.5. The average Bonchev–Trinajstić information content (AvgIpc) is 0.696. The smallest absolute Gasteiger partial charge is 0.156 e. The van der Waals surface area contributed by atoms with E-state index in [1.54, 1.807) is 276 Å². The Morgan fingerprint density at radius 1 is 0.216 bits per heavy atom. The molecule has 15 saturated carbocycles. The first-order valence-electron chi connectivity index (χ1n) is 46.6. The maximum Gasteiger partial charge on any atom is 0.156 e. The van der Waals surface area contributed by atoms with E-state index >= 15 is 0 Å². The fourth-order valence-electron chi connectivity index (χ4n) is 34.1. The fourth-order valence-corrected chi connectivity index (χ4v) is 34.1. The summed E-state index contributed by atoms with van der Waals surface area (Å²) in [6, 6.07) is 5.24. The minimum atomic E-state index is 0.441. The van der Waals surface area contributed by atoms with Crippen molar-refractivity contribution in [1.82, 2.24) is 9.80 Å². The van der Waals surface area contributed by atoms with Crippen molar-refractivity contribution in [2.24, 2.45) is 152 Å². The number of nitrogens with zero attached hydrogens (tertiary/aromatic N) is 2. The van der Waals surface area contributed by atoms with E-state index in [1.165, 1.54) is 44.9 Å². The molecule has 15 aliphatic carbocycles. The van der Waals surface area contributed by atoms with Crippen LogP contribution < -0.4 is 0 Å². The molecule has 2 nitrogen and oxygen atoms in total. The standard InChI is InChI=1S/C94H159BN2/c1-92(2,3)72-47-43-61(44-48-72)70-57-85-89-86(58-70)97(91-77(64-33-21-13-22-34-64)39-26-40-78(91)65-35-23-14-24-36-65)84-50-46-67(79-54-71-53-73(93(4,5)6)51-68-41-42-69-52-74(94(7,8)9)59-80(79)88(69)87(68)71)56-82(84)95(89)81-55-66(60-27-15-10-16-28-60)45-49-83(81)96(85)90-75(62-29-17-11-18-30-62)37-25-38-76(90)63-31-19-12-20-32-63/h60-91H,10-59H2,1-9H3. The maximum atomic E-state index is 3.97. The van der Waals surface area contributed by atoms with Crippen molar-refractivity contribution in [1.29, 1.82) is 0 Å². The molecule has 2 saturated heterocycles. The molecule has 23 unspecified atom stereocenters. The lowest BCUT2D eigenvalue weighted by molar-refractivity contribution is -0.156. The topological polar surface area (TPSA) is 6.48 Å². The van der Waals surface area contributed by atoms with Crippen LogP contribution in [0, 0.1) is 152 Å². The van der Waals surface area contributed by atoms with E-state index in [1.807, 2.05) is 0 Å². The summed E-state index contributed by atoms with van der Waals surface area (Å²) in [5, 5.41) is 0. The molecule has 0 radical (unpaired) electrons. The highest BCUT2D eigenvalue weighted by atomic mass is 15.3. The van der Waals surface area contributed by atoms with Crippen LogP contribution in [0.2, 0.25) is 17.5 Å². The largest absolute Gasteiger partial charge is 0.295 e. The lowest BCUT2D eigenvalue weighted by Gasteiger charge is -2.72. The van der Waals surface area contributed by atoms with E-state index < -0.39 is 0 Å². The van der Waals surface area contributed by atoms with Crippen LogP contribution in [0.4, 0.5) is 0 Å². The Kier molecular flexibility index (Phi) is 20.9. The quantitative estimate of drug-likeness (QED) is 0.212. The lowest BCUT2D eigenvalue weighted by atomic mass is 9.17. The summed E-state index contributed by atoms with van der Waals surface area (Å²) < 4.78 is 0. The van der Waals surface area contributed by atoms with Gasteiger partial charge in [0.1, 0.15) is 0 Å². The van der Waals surface area contributed by atoms with Crippen LogP contribution >= 0.6 is 0 Å². The Morgan fingerprint density at radius 3 is 1.02 bits per heavy atom. The van der Waals surface area contributed by atoms with Crippen LogP contribution in [0.25, 0.3) is 0 Å². The Morgan fingerprint density at radius 2 is 0.577 bits per heavy atom. The summed E-state index contributed by atoms with van der Waals surface area (Å²) in [5.74, 6) is 25.8. The van der Waals surface area contributed by atoms with E-state index in [9.17, 15) is 0 Å². The van der Waals surface area contributed by atoms with Gasteiger partial charge in [0, 0.05) is 36.3 Å². The third-order valence-corrected chi connectivity index (χ3v) is 38.3. The molecule has 23 atom stereocenters. The van der Waals surface area contributed by atoms with Gasteiger partial charge < -0.3 is 0 Å². The van der Waals surface area contributed by atoms with Gasteiger partial charge in [-0.05, 0) is 305 Å². The first kappa shape index (κ1) is 70.0. The van der Waals surface area contributed by atoms with E-state index in [-0.39, 0.29) is 0 Å². The molecule has 3 heteroatoms. The highest BCUT2D eigenvalue weighted by Crippen LogP contribution is 2.71. The van der Waals surface area contributed by atoms with Gasteiger partial charge >= 0.3 is 0 Å². The maximum absolute atomic E-state index is 3.97. The molecule has 0 aromatic rings. The second-order valence-corrected chi connectivity index (χ2v) is 45.1. The van der Waals surface area contributed by atoms with Gasteiger partial charge in [0.05, 0.1) is 0 Å². The molecule has 17 aliphatic rings. The minimum absolute atomic E-state index is 0.441. The number of hydrogen-bond donors (Lipinski definition) is 0. The van der Waals surface area contributed by atoms with Crippen molar-refractivity contribution >= 4 is 6.71 Å². The van der Waals surface area contributed by atoms with Crippen LogP contribution in [-0.4, -0.2) is 52.8 Å². The average molecular weight is 1330 g/mol. The predicted molar refractivity (Wildman–Crippen MR) is 413 cm³/mol. The van der Waals surface area contributed by atoms with Crippen molar-refractivity contribution in [3.8, 4) is 0 Å². The van der Waals surface area contributed by atoms with Crippen LogP contribution in [0.3, 0.4) is 0 Å². The zero-order chi connectivity index (χ0) is 66.1. The molecular weight excluding hydrogens is 1170 g/mol. The van der Waals surface area contributed by atoms with E-state index in [0.717, 1.165) is 197 Å². The molecule has 17 rings (SSSR count). The van der Waals surface area contributed by atoms with Gasteiger partial charge in [-0.25, -0.2) is 0 Å². The SMILES string of the molecule is CC(C)(C)C1CCC(C2CC3C4B(C5CC(C6CCCCC6)CCC5N3C3C(C5CCCCC5)CCCC3C3CCCCC3)C3CC(C5CC6CC(C(C)(C)C)CC7CCC8CC(C(C)(C)C)CC5C8C76)CCC3N(C3C(C5CCCCC5)CCCC3C3CCCCC3)C4C2)CC1. The predicted octanol–water partition coefficient (Wildman–Crippen LogP) is 26.5. The Balaban J connectivity index is 0.842. The molecule has 0 aromatic heterocycles. The van der Waals surface area contributed by atoms with Gasteiger partial charge in [-0.1, -0.05) is 249 Å². The summed E-state index contributed by atoms with van der Waals surface area (Å²) in [5.41, 5.74) is 1.35. The van der Waals surface area contributed by atoms with Crippen molar-refractivity contribution in [3.05, 3.63) is 0 Å². The van der Waals surface area contributed by atoms with Gasteiger partial charge in [0.2, 0.25) is 0 Å². The van der Waals surface area contributed by atoms with Gasteiger partial charge in [-0.2, -0.15) is 0 Å². The molecule has 17 fully saturated rings. The zero-order valence-corrected chi connectivity index (χ0v) is 65.8. The van der Waals surface area contributed by atoms with E-state index in [0.29, 0.717) is 16.2 Å². The van der Waals surface area contributed by atoms with Crippen molar-refractivity contribution in [2.75, 3.05) is 0 Å². The van der Waals surface area contributed by atoms with Crippen molar-refractivity contribution in [2.45, 2.75) is 437 Å². The van der Waals surface area contributed by atoms with Gasteiger partial charge in [0.15, 0.2) is 6.71 Å². The monoisotopic (exact) mass is 1330 g/mol. The van der Waals surface area contributed by atoms with Crippen LogP contribution in [0.15, 0.2) is 0 Å². The normalized spacial score (nSPS) is 48.5. The van der Waals surface area contributed by atoms with Gasteiger partial charge in [-0.15, -0.1) is 0 Å². The lowest BCUT2D eigenvalue weighted by Crippen LogP contribution is -2.77. The molecule has 0 amide bonds. The first-order valence-corrected chi connectivity index (χ1v) is 46.6. The zero-order valence-electron chi connectivity index (χ0n) is 65.8. The summed E-state index contributed by atoms with van der Waals surface area (Å²) in [6.07, 6.45) is 79.3. The summed E-state index contributed by atoms with van der Waals surface area (Å²) in [6.45, 7) is 25.2. The summed E-state index contributed by atoms with van der Waals surface area (Å²) in [7, 11) is 0. The van der Waals surface area contributed by atoms with E-state index in [2.05, 4.69) is 72.1 Å². The number of fused-ring (bicyclic) bond motifs is 4. The molecule has 0 spiro atoms. The molecule has 0 aromatic carbocycles. The molecule has 0 bridgehead atoms. The number of hydrogen-bond acceptors (Lipinski definition) is 2. The fraction of sp³-hybridized carbons (Fsp3) is 1.00. The second-order valence-electron chi connectivity index (χ2n) is 45.1. The highest BCUT2D eigenvalue weighted by Gasteiger charge is 2.70. The minimum Gasteiger partial charge on any atom is -0.295 e. The molecule has 0 N–H and O–H groups in total. The van der Waals surface area contributed by atoms with Gasteiger partial charge in [0.25, 0.3) is 0 Å². The molecule has 97 heavy (non-hydrogen) atoms. The van der Waals surface area contributed by atoms with Crippen LogP contribution in [-0.2, 0) is 0 Å². The van der Waals surface area contributed by atoms with Crippen LogP contribution in [0.1, 0.15) is 383 Å². The molecular formula is C94H159BN2. The van der Waals surface area contributed by atoms with Crippen molar-refractivity contribution in [3.63, 3.8) is 0 Å². The van der Waals surface area contributed by atoms with Crippen LogP contribution in [0.5, 0.6) is 0 Å². The Labute approximate surface area is 602 Å². The van der Waals surface area contributed by atoms with Gasteiger partial charge in [-0.3, -0.25) is 9.80 Å². The van der Waals surface area contributed by atoms with E-state index in [4.69, 9.17) is 0 Å². The third-order valence-electron chi connectivity index (χ3n) is 38.3. The first-order chi connectivity index (χ1) is 47.0. The Bertz CT molecular complexity index is 2470. The summed E-state index contributed by atoms with van der Waals surface area (Å²) in [4.78, 5) is 7.92. The number of rotatable bonds is 9. The van der Waals surface area contributed by atoms with Crippen molar-refractivity contribution < 1.29 is 0 Å². The molecule has 2 aliphatic heterocycles. The highest BCUT2D eigenvalue weighted by molar-refractivity contribution is 6.65. The Hall–Kier alpha value is -0.0151. The molecule has 548 valence electrons.